The maximum absolute atomic E-state index is 11.9. The Kier molecular flexibility index (Phi) is 5.28. The highest BCUT2D eigenvalue weighted by atomic mass is 79.9. The van der Waals surface area contributed by atoms with Crippen LogP contribution in [0.25, 0.3) is 5.69 Å². The van der Waals surface area contributed by atoms with Crippen LogP contribution in [0.15, 0.2) is 55.0 Å². The third-order valence-electron chi connectivity index (χ3n) is 3.86. The molecule has 5 nitrogen and oxygen atoms in total. The molecule has 3 rings (SSSR count). The predicted molar refractivity (Wildman–Crippen MR) is 99.3 cm³/mol. The zero-order valence-electron chi connectivity index (χ0n) is 14.0. The fourth-order valence-corrected chi connectivity index (χ4v) is 3.32. The minimum Gasteiger partial charge on any atom is -0.461 e. The van der Waals surface area contributed by atoms with Gasteiger partial charge < -0.3 is 4.74 Å². The number of carbonyl (C=O) groups excluding carboxylic acids is 1. The van der Waals surface area contributed by atoms with Crippen LogP contribution in [0, 0.1) is 6.92 Å². The SMILES string of the molecule is CCOC(=O)c1cc(C(Br)c2ccc(-n3cccn3)cc2)c(C)cn1. The topological polar surface area (TPSA) is 57.0 Å². The summed E-state index contributed by atoms with van der Waals surface area (Å²) in [6.07, 6.45) is 5.35. The van der Waals surface area contributed by atoms with Gasteiger partial charge in [-0.15, -0.1) is 0 Å². The first-order valence-electron chi connectivity index (χ1n) is 7.98. The van der Waals surface area contributed by atoms with Crippen molar-refractivity contribution in [1.82, 2.24) is 14.8 Å². The van der Waals surface area contributed by atoms with Crippen molar-refractivity contribution in [2.24, 2.45) is 0 Å². The molecule has 0 aliphatic heterocycles. The van der Waals surface area contributed by atoms with Crippen LogP contribution < -0.4 is 0 Å². The Balaban J connectivity index is 1.88. The Morgan fingerprint density at radius 2 is 2.08 bits per heavy atom. The second kappa shape index (κ2) is 7.61. The van der Waals surface area contributed by atoms with E-state index in [9.17, 15) is 4.79 Å². The Labute approximate surface area is 154 Å². The maximum atomic E-state index is 11.9. The van der Waals surface area contributed by atoms with E-state index in [1.807, 2.05) is 48.1 Å². The second-order valence-corrected chi connectivity index (χ2v) is 6.47. The number of aryl methyl sites for hydroxylation is 1. The summed E-state index contributed by atoms with van der Waals surface area (Å²) < 4.78 is 6.85. The second-order valence-electron chi connectivity index (χ2n) is 5.55. The van der Waals surface area contributed by atoms with Crippen molar-refractivity contribution >= 4 is 21.9 Å². The lowest BCUT2D eigenvalue weighted by Gasteiger charge is -2.15. The van der Waals surface area contributed by atoms with Gasteiger partial charge in [0.2, 0.25) is 0 Å². The van der Waals surface area contributed by atoms with Crippen molar-refractivity contribution in [3.8, 4) is 5.69 Å². The molecule has 25 heavy (non-hydrogen) atoms. The number of ether oxygens (including phenoxy) is 1. The van der Waals surface area contributed by atoms with E-state index in [0.717, 1.165) is 22.4 Å². The first-order chi connectivity index (χ1) is 12.1. The first-order valence-corrected chi connectivity index (χ1v) is 8.89. The molecule has 0 fully saturated rings. The molecule has 1 aromatic carbocycles. The minimum absolute atomic E-state index is 0.0460. The first kappa shape index (κ1) is 17.4. The van der Waals surface area contributed by atoms with Gasteiger partial charge in [0.25, 0.3) is 0 Å². The molecule has 0 N–H and O–H groups in total. The van der Waals surface area contributed by atoms with E-state index in [2.05, 4.69) is 26.0 Å². The Morgan fingerprint density at radius 3 is 2.72 bits per heavy atom. The molecule has 1 unspecified atom stereocenters. The lowest BCUT2D eigenvalue weighted by Crippen LogP contribution is -2.09. The fourth-order valence-electron chi connectivity index (χ4n) is 2.53. The number of hydrogen-bond acceptors (Lipinski definition) is 4. The van der Waals surface area contributed by atoms with Gasteiger partial charge in [-0.05, 0) is 54.8 Å². The summed E-state index contributed by atoms with van der Waals surface area (Å²) in [7, 11) is 0. The standard InChI is InChI=1S/C19H18BrN3O2/c1-3-25-19(24)17-11-16(13(2)12-21-17)18(20)14-5-7-15(8-6-14)23-10-4-9-22-23/h4-12,18H,3H2,1-2H3. The van der Waals surface area contributed by atoms with Crippen molar-refractivity contribution in [2.75, 3.05) is 6.61 Å². The summed E-state index contributed by atoms with van der Waals surface area (Å²) in [5, 5.41) is 4.23. The van der Waals surface area contributed by atoms with E-state index < -0.39 is 5.97 Å². The highest BCUT2D eigenvalue weighted by molar-refractivity contribution is 9.09. The van der Waals surface area contributed by atoms with Gasteiger partial charge in [-0.1, -0.05) is 28.1 Å². The van der Waals surface area contributed by atoms with Crippen LogP contribution in [0.5, 0.6) is 0 Å². The van der Waals surface area contributed by atoms with Crippen molar-refractivity contribution in [2.45, 2.75) is 18.7 Å². The summed E-state index contributed by atoms with van der Waals surface area (Å²) in [6, 6.07) is 11.8. The quantitative estimate of drug-likeness (QED) is 0.475. The molecule has 128 valence electrons. The van der Waals surface area contributed by atoms with E-state index in [-0.39, 0.29) is 4.83 Å². The van der Waals surface area contributed by atoms with Gasteiger partial charge in [0, 0.05) is 18.6 Å². The number of esters is 1. The number of alkyl halides is 1. The zero-order valence-corrected chi connectivity index (χ0v) is 15.6. The number of hydrogen-bond donors (Lipinski definition) is 0. The Hall–Kier alpha value is -2.47. The molecule has 0 aliphatic rings. The predicted octanol–water partition coefficient (Wildman–Crippen LogP) is 4.24. The molecule has 3 aromatic rings. The third kappa shape index (κ3) is 3.79. The van der Waals surface area contributed by atoms with Crippen LogP contribution in [0.2, 0.25) is 0 Å². The van der Waals surface area contributed by atoms with Gasteiger partial charge in [-0.3, -0.25) is 0 Å². The van der Waals surface area contributed by atoms with Gasteiger partial charge in [0.05, 0.1) is 17.1 Å². The lowest BCUT2D eigenvalue weighted by atomic mass is 10.0. The zero-order chi connectivity index (χ0) is 17.8. The molecule has 0 bridgehead atoms. The summed E-state index contributed by atoms with van der Waals surface area (Å²) in [4.78, 5) is 16.1. The molecular weight excluding hydrogens is 382 g/mol. The van der Waals surface area contributed by atoms with E-state index in [1.165, 1.54) is 0 Å². The largest absolute Gasteiger partial charge is 0.461 e. The molecule has 2 aromatic heterocycles. The number of halogens is 1. The molecule has 0 aliphatic carbocycles. The van der Waals surface area contributed by atoms with E-state index >= 15 is 0 Å². The average molecular weight is 400 g/mol. The molecule has 0 saturated carbocycles. The van der Waals surface area contributed by atoms with E-state index in [4.69, 9.17) is 4.74 Å². The summed E-state index contributed by atoms with van der Waals surface area (Å²) >= 11 is 3.74. The Morgan fingerprint density at radius 1 is 1.32 bits per heavy atom. The van der Waals surface area contributed by atoms with Crippen molar-refractivity contribution in [3.05, 3.63) is 77.4 Å². The van der Waals surface area contributed by atoms with Crippen LogP contribution in [0.1, 0.15) is 38.9 Å². The van der Waals surface area contributed by atoms with Gasteiger partial charge in [0.1, 0.15) is 5.69 Å². The molecule has 1 atom stereocenters. The summed E-state index contributed by atoms with van der Waals surface area (Å²) in [6.45, 7) is 4.08. The number of rotatable bonds is 5. The Bertz CT molecular complexity index is 861. The van der Waals surface area contributed by atoms with Crippen LogP contribution in [0.3, 0.4) is 0 Å². The highest BCUT2D eigenvalue weighted by Crippen LogP contribution is 2.33. The molecule has 0 saturated heterocycles. The van der Waals surface area contributed by atoms with E-state index in [0.29, 0.717) is 12.3 Å². The molecule has 0 radical (unpaired) electrons. The number of aromatic nitrogens is 3. The smallest absolute Gasteiger partial charge is 0.356 e. The third-order valence-corrected chi connectivity index (χ3v) is 4.88. The molecule has 2 heterocycles. The van der Waals surface area contributed by atoms with Gasteiger partial charge in [0.15, 0.2) is 0 Å². The van der Waals surface area contributed by atoms with Crippen LogP contribution in [-0.4, -0.2) is 27.3 Å². The molecule has 0 spiro atoms. The normalized spacial score (nSPS) is 12.0. The fraction of sp³-hybridized carbons (Fsp3) is 0.211. The van der Waals surface area contributed by atoms with Gasteiger partial charge in [-0.2, -0.15) is 5.10 Å². The van der Waals surface area contributed by atoms with E-state index in [1.54, 1.807) is 25.4 Å². The number of benzene rings is 1. The summed E-state index contributed by atoms with van der Waals surface area (Å²) in [5.74, 6) is -0.405. The monoisotopic (exact) mass is 399 g/mol. The minimum atomic E-state index is -0.405. The average Bonchev–Trinajstić information content (AvgIpc) is 3.16. The van der Waals surface area contributed by atoms with Crippen molar-refractivity contribution < 1.29 is 9.53 Å². The lowest BCUT2D eigenvalue weighted by molar-refractivity contribution is 0.0519. The maximum Gasteiger partial charge on any atom is 0.356 e. The van der Waals surface area contributed by atoms with Crippen LogP contribution in [-0.2, 0) is 4.74 Å². The molecule has 6 heteroatoms. The molecular formula is C19H18BrN3O2. The van der Waals surface area contributed by atoms with Gasteiger partial charge >= 0.3 is 5.97 Å². The number of nitrogens with zero attached hydrogens (tertiary/aromatic N) is 3. The molecule has 0 amide bonds. The van der Waals surface area contributed by atoms with Crippen LogP contribution >= 0.6 is 15.9 Å². The van der Waals surface area contributed by atoms with Gasteiger partial charge in [-0.25, -0.2) is 14.5 Å². The summed E-state index contributed by atoms with van der Waals surface area (Å²) in [5.41, 5.74) is 4.39. The van der Waals surface area contributed by atoms with Crippen molar-refractivity contribution in [3.63, 3.8) is 0 Å². The number of carbonyl (C=O) groups is 1. The van der Waals surface area contributed by atoms with Crippen LogP contribution in [0.4, 0.5) is 0 Å². The number of pyridine rings is 1. The van der Waals surface area contributed by atoms with Crippen molar-refractivity contribution in [1.29, 1.82) is 0 Å². The highest BCUT2D eigenvalue weighted by Gasteiger charge is 2.17.